The molecule has 3 aliphatic heterocycles. The van der Waals surface area contributed by atoms with Crippen molar-refractivity contribution in [2.24, 2.45) is 0 Å². The molecule has 2 fully saturated rings. The Hall–Kier alpha value is -3.28. The van der Waals surface area contributed by atoms with Gasteiger partial charge < -0.3 is 14.8 Å². The van der Waals surface area contributed by atoms with E-state index >= 15 is 0 Å². The third kappa shape index (κ3) is 3.97. The Labute approximate surface area is 181 Å². The van der Waals surface area contributed by atoms with E-state index in [9.17, 15) is 18.0 Å². The number of hydrazine groups is 2. The first-order valence-electron chi connectivity index (χ1n) is 10.0. The number of carbonyl (C=O) groups excluding carboxylic acids is 1. The Kier molecular flexibility index (Phi) is 5.16. The molecular formula is C21H20F3N5O3. The number of amides is 1. The first kappa shape index (κ1) is 20.6. The Balaban J connectivity index is 1.46. The third-order valence-corrected chi connectivity index (χ3v) is 5.36. The van der Waals surface area contributed by atoms with Crippen molar-refractivity contribution in [3.8, 4) is 5.75 Å². The molecule has 2 N–H and O–H groups in total. The van der Waals surface area contributed by atoms with Crippen molar-refractivity contribution < 1.29 is 27.4 Å². The fourth-order valence-corrected chi connectivity index (χ4v) is 3.90. The lowest BCUT2D eigenvalue weighted by molar-refractivity contribution is -0.274. The zero-order chi connectivity index (χ0) is 22.3. The van der Waals surface area contributed by atoms with E-state index in [0.717, 1.165) is 30.2 Å². The summed E-state index contributed by atoms with van der Waals surface area (Å²) in [5.41, 5.74) is 6.23. The van der Waals surface area contributed by atoms with Gasteiger partial charge in [0.05, 0.1) is 36.0 Å². The van der Waals surface area contributed by atoms with Gasteiger partial charge in [0, 0.05) is 19.6 Å². The number of carbonyl (C=O) groups is 1. The van der Waals surface area contributed by atoms with Crippen molar-refractivity contribution in [3.63, 3.8) is 0 Å². The highest BCUT2D eigenvalue weighted by molar-refractivity contribution is 6.12. The van der Waals surface area contributed by atoms with Crippen LogP contribution >= 0.6 is 0 Å². The van der Waals surface area contributed by atoms with Crippen LogP contribution in [0.25, 0.3) is 0 Å². The summed E-state index contributed by atoms with van der Waals surface area (Å²) in [6.45, 7) is 3.31. The number of alkyl halides is 3. The van der Waals surface area contributed by atoms with Crippen LogP contribution in [0.2, 0.25) is 0 Å². The van der Waals surface area contributed by atoms with Crippen molar-refractivity contribution in [3.05, 3.63) is 59.9 Å². The monoisotopic (exact) mass is 447 g/mol. The second-order valence-corrected chi connectivity index (χ2v) is 7.48. The maximum atomic E-state index is 13.4. The molecule has 0 bridgehead atoms. The van der Waals surface area contributed by atoms with Gasteiger partial charge in [0.25, 0.3) is 5.91 Å². The Morgan fingerprint density at radius 3 is 2.44 bits per heavy atom. The molecule has 11 heteroatoms. The van der Waals surface area contributed by atoms with Gasteiger partial charge in [-0.05, 0) is 36.4 Å². The number of benzene rings is 2. The van der Waals surface area contributed by atoms with Crippen LogP contribution in [0, 0.1) is 0 Å². The third-order valence-electron chi connectivity index (χ3n) is 5.36. The number of anilines is 3. The average molecular weight is 447 g/mol. The van der Waals surface area contributed by atoms with Crippen molar-refractivity contribution in [2.45, 2.75) is 6.36 Å². The summed E-state index contributed by atoms with van der Waals surface area (Å²) in [6, 6.07) is 12.7. The van der Waals surface area contributed by atoms with Gasteiger partial charge in [-0.1, -0.05) is 12.1 Å². The largest absolute Gasteiger partial charge is 0.573 e. The number of nitrogens with one attached hydrogen (secondary N) is 2. The highest BCUT2D eigenvalue weighted by Crippen LogP contribution is 2.38. The van der Waals surface area contributed by atoms with Crippen LogP contribution in [-0.4, -0.2) is 50.0 Å². The molecular weight excluding hydrogens is 427 g/mol. The molecule has 0 aromatic heterocycles. The predicted octanol–water partition coefficient (Wildman–Crippen LogP) is 2.83. The molecule has 0 unspecified atom stereocenters. The molecule has 0 spiro atoms. The molecule has 5 rings (SSSR count). The zero-order valence-corrected chi connectivity index (χ0v) is 16.9. The molecule has 2 saturated heterocycles. The number of hydrogen-bond acceptors (Lipinski definition) is 7. The van der Waals surface area contributed by atoms with E-state index in [1.54, 1.807) is 5.01 Å². The molecule has 2 aromatic carbocycles. The maximum absolute atomic E-state index is 13.4. The molecule has 1 amide bonds. The van der Waals surface area contributed by atoms with Crippen molar-refractivity contribution in [2.75, 3.05) is 48.2 Å². The summed E-state index contributed by atoms with van der Waals surface area (Å²) in [4.78, 5) is 15.6. The SMILES string of the molecule is O=C1C2=C(CN3CCOCC3)Nc3ccccc3N2NN1c1ccc(OC(F)(F)F)cc1. The summed E-state index contributed by atoms with van der Waals surface area (Å²) in [5, 5.41) is 6.38. The number of fused-ring (bicyclic) bond motifs is 3. The first-order chi connectivity index (χ1) is 15.4. The van der Waals surface area contributed by atoms with Crippen LogP contribution in [-0.2, 0) is 9.53 Å². The predicted molar refractivity (Wildman–Crippen MR) is 111 cm³/mol. The Bertz CT molecular complexity index is 1050. The van der Waals surface area contributed by atoms with E-state index in [1.165, 1.54) is 29.3 Å². The van der Waals surface area contributed by atoms with E-state index in [4.69, 9.17) is 4.74 Å². The van der Waals surface area contributed by atoms with Gasteiger partial charge in [0.15, 0.2) is 0 Å². The summed E-state index contributed by atoms with van der Waals surface area (Å²) >= 11 is 0. The van der Waals surface area contributed by atoms with Crippen LogP contribution in [0.5, 0.6) is 5.75 Å². The van der Waals surface area contributed by atoms with Gasteiger partial charge in [-0.15, -0.1) is 18.7 Å². The first-order valence-corrected chi connectivity index (χ1v) is 10.0. The van der Waals surface area contributed by atoms with E-state index in [2.05, 4.69) is 20.5 Å². The molecule has 8 nitrogen and oxygen atoms in total. The van der Waals surface area contributed by atoms with Crippen molar-refractivity contribution in [1.29, 1.82) is 0 Å². The van der Waals surface area contributed by atoms with Gasteiger partial charge in [-0.25, -0.2) is 10.0 Å². The number of ether oxygens (including phenoxy) is 2. The number of para-hydroxylation sites is 2. The summed E-state index contributed by atoms with van der Waals surface area (Å²) in [7, 11) is 0. The van der Waals surface area contributed by atoms with Gasteiger partial charge in [-0.3, -0.25) is 9.69 Å². The fourth-order valence-electron chi connectivity index (χ4n) is 3.90. The van der Waals surface area contributed by atoms with Crippen LogP contribution in [0.4, 0.5) is 30.2 Å². The highest BCUT2D eigenvalue weighted by atomic mass is 19.4. The molecule has 0 atom stereocenters. The topological polar surface area (TPSA) is 69.3 Å². The number of morpholine rings is 1. The van der Waals surface area contributed by atoms with E-state index in [-0.39, 0.29) is 11.7 Å². The minimum absolute atomic E-state index is 0.320. The lowest BCUT2D eigenvalue weighted by atomic mass is 10.1. The average Bonchev–Trinajstić information content (AvgIpc) is 3.12. The molecule has 0 saturated carbocycles. The van der Waals surface area contributed by atoms with Gasteiger partial charge >= 0.3 is 6.36 Å². The van der Waals surface area contributed by atoms with Gasteiger partial charge in [0.1, 0.15) is 11.4 Å². The van der Waals surface area contributed by atoms with Gasteiger partial charge in [-0.2, -0.15) is 0 Å². The second-order valence-electron chi connectivity index (χ2n) is 7.48. The van der Waals surface area contributed by atoms with E-state index < -0.39 is 6.36 Å². The van der Waals surface area contributed by atoms with Crippen LogP contribution in [0.15, 0.2) is 59.9 Å². The second kappa shape index (κ2) is 8.01. The number of hydrogen-bond donors (Lipinski definition) is 2. The molecule has 3 aliphatic rings. The standard InChI is InChI=1S/C21H20F3N5O3/c22-21(23,24)32-15-7-5-14(6-8-15)28-20(30)19-17(13-27-9-11-31-12-10-27)25-16-3-1-2-4-18(16)29(19)26-28/h1-8,25-26H,9-13H2. The van der Waals surface area contributed by atoms with Crippen LogP contribution in [0.3, 0.4) is 0 Å². The molecule has 3 heterocycles. The number of rotatable bonds is 4. The summed E-state index contributed by atoms with van der Waals surface area (Å²) in [5.74, 6) is -0.676. The fraction of sp³-hybridized carbons (Fsp3) is 0.286. The summed E-state index contributed by atoms with van der Waals surface area (Å²) < 4.78 is 46.7. The zero-order valence-electron chi connectivity index (χ0n) is 16.9. The van der Waals surface area contributed by atoms with Crippen LogP contribution in [0.1, 0.15) is 0 Å². The van der Waals surface area contributed by atoms with Gasteiger partial charge in [0.2, 0.25) is 0 Å². The quantitative estimate of drug-likeness (QED) is 0.747. The minimum atomic E-state index is -4.78. The lowest BCUT2D eigenvalue weighted by Gasteiger charge is -2.33. The van der Waals surface area contributed by atoms with E-state index in [0.29, 0.717) is 31.1 Å². The molecule has 2 aromatic rings. The molecule has 168 valence electrons. The highest BCUT2D eigenvalue weighted by Gasteiger charge is 2.41. The summed E-state index contributed by atoms with van der Waals surface area (Å²) in [6.07, 6.45) is -4.78. The maximum Gasteiger partial charge on any atom is 0.573 e. The van der Waals surface area contributed by atoms with E-state index in [1.807, 2.05) is 24.3 Å². The number of nitrogens with zero attached hydrogens (tertiary/aromatic N) is 3. The normalized spacial score (nSPS) is 19.0. The molecule has 0 radical (unpaired) electrons. The Morgan fingerprint density at radius 1 is 1.00 bits per heavy atom. The smallest absolute Gasteiger partial charge is 0.406 e. The molecule has 0 aliphatic carbocycles. The molecule has 32 heavy (non-hydrogen) atoms. The number of halogens is 3. The Morgan fingerprint density at radius 2 is 1.72 bits per heavy atom. The van der Waals surface area contributed by atoms with Crippen molar-refractivity contribution >= 4 is 23.0 Å². The van der Waals surface area contributed by atoms with Crippen molar-refractivity contribution in [1.82, 2.24) is 10.4 Å². The minimum Gasteiger partial charge on any atom is -0.406 e. The lowest BCUT2D eigenvalue weighted by Crippen LogP contribution is -2.43. The van der Waals surface area contributed by atoms with Crippen LogP contribution < -0.4 is 25.6 Å².